The fourth-order valence-electron chi connectivity index (χ4n) is 3.62. The Balaban J connectivity index is 2.51. The van der Waals surface area contributed by atoms with Gasteiger partial charge in [0.2, 0.25) is 21.8 Å². The standard InChI is InChI=1S/C25H33Cl2N3O5S/c1-7-21(24(32)28-25(2,3)4)29(15-17-9-8-10-19(13-17)35-5)23(31)16-30(36(6,33)34)22-12-11-18(26)14-20(22)27/h8-14,21H,7,15-16H2,1-6H3,(H,28,32)/t21-/m1/s1. The summed E-state index contributed by atoms with van der Waals surface area (Å²) in [6.45, 7) is 6.85. The molecule has 8 nitrogen and oxygen atoms in total. The zero-order valence-electron chi connectivity index (χ0n) is 21.3. The predicted molar refractivity (Wildman–Crippen MR) is 144 cm³/mol. The molecular formula is C25H33Cl2N3O5S. The zero-order valence-corrected chi connectivity index (χ0v) is 23.7. The first-order valence-corrected chi connectivity index (χ1v) is 13.9. The van der Waals surface area contributed by atoms with Crippen LogP contribution in [0.5, 0.6) is 5.75 Å². The van der Waals surface area contributed by atoms with Crippen molar-refractivity contribution in [2.24, 2.45) is 0 Å². The van der Waals surface area contributed by atoms with Crippen LogP contribution in [0.1, 0.15) is 39.7 Å². The fraction of sp³-hybridized carbons (Fsp3) is 0.440. The second-order valence-electron chi connectivity index (χ2n) is 9.40. The number of hydrogen-bond donors (Lipinski definition) is 1. The number of hydrogen-bond acceptors (Lipinski definition) is 5. The Labute approximate surface area is 223 Å². The lowest BCUT2D eigenvalue weighted by atomic mass is 10.1. The number of anilines is 1. The van der Waals surface area contributed by atoms with Crippen LogP contribution in [-0.2, 0) is 26.2 Å². The highest BCUT2D eigenvalue weighted by Crippen LogP contribution is 2.30. The first-order valence-electron chi connectivity index (χ1n) is 11.3. The number of carbonyl (C=O) groups excluding carboxylic acids is 2. The summed E-state index contributed by atoms with van der Waals surface area (Å²) in [6, 6.07) is 10.6. The first-order chi connectivity index (χ1) is 16.7. The Hall–Kier alpha value is -2.49. The molecule has 2 amide bonds. The highest BCUT2D eigenvalue weighted by Gasteiger charge is 2.33. The Morgan fingerprint density at radius 3 is 2.31 bits per heavy atom. The zero-order chi connectivity index (χ0) is 27.3. The van der Waals surface area contributed by atoms with Crippen LogP contribution in [0, 0.1) is 0 Å². The van der Waals surface area contributed by atoms with Gasteiger partial charge in [0.1, 0.15) is 18.3 Å². The quantitative estimate of drug-likeness (QED) is 0.464. The van der Waals surface area contributed by atoms with E-state index in [9.17, 15) is 18.0 Å². The third-order valence-electron chi connectivity index (χ3n) is 5.23. The molecule has 0 spiro atoms. The number of halogens is 2. The Bertz CT molecular complexity index is 1200. The van der Waals surface area contributed by atoms with Crippen LogP contribution in [0.15, 0.2) is 42.5 Å². The molecule has 0 saturated carbocycles. The molecule has 2 rings (SSSR count). The summed E-state index contributed by atoms with van der Waals surface area (Å²) >= 11 is 12.2. The fourth-order valence-corrected chi connectivity index (χ4v) is 5.04. The van der Waals surface area contributed by atoms with E-state index in [0.717, 1.165) is 16.1 Å². The van der Waals surface area contributed by atoms with Crippen LogP contribution in [0.2, 0.25) is 10.0 Å². The van der Waals surface area contributed by atoms with E-state index in [0.29, 0.717) is 17.2 Å². The third kappa shape index (κ3) is 8.28. The van der Waals surface area contributed by atoms with Crippen LogP contribution in [0.3, 0.4) is 0 Å². The highest BCUT2D eigenvalue weighted by atomic mass is 35.5. The van der Waals surface area contributed by atoms with Crippen LogP contribution in [0.25, 0.3) is 0 Å². The molecule has 0 saturated heterocycles. The van der Waals surface area contributed by atoms with E-state index in [1.165, 1.54) is 30.2 Å². The number of amides is 2. The lowest BCUT2D eigenvalue weighted by Crippen LogP contribution is -2.55. The predicted octanol–water partition coefficient (Wildman–Crippen LogP) is 4.49. The van der Waals surface area contributed by atoms with Crippen molar-refractivity contribution in [3.8, 4) is 5.75 Å². The van der Waals surface area contributed by atoms with E-state index in [-0.39, 0.29) is 23.2 Å². The molecule has 11 heteroatoms. The van der Waals surface area contributed by atoms with Gasteiger partial charge in [-0.1, -0.05) is 42.3 Å². The SMILES string of the molecule is CC[C@H](C(=O)NC(C)(C)C)N(Cc1cccc(OC)c1)C(=O)CN(c1ccc(Cl)cc1Cl)S(C)(=O)=O. The van der Waals surface area contributed by atoms with Crippen LogP contribution >= 0.6 is 23.2 Å². The average molecular weight is 559 g/mol. The second-order valence-corrected chi connectivity index (χ2v) is 12.2. The van der Waals surface area contributed by atoms with Crippen molar-refractivity contribution < 1.29 is 22.7 Å². The maximum Gasteiger partial charge on any atom is 0.244 e. The van der Waals surface area contributed by atoms with Crippen molar-refractivity contribution in [2.45, 2.75) is 52.2 Å². The van der Waals surface area contributed by atoms with Gasteiger partial charge in [0.05, 0.1) is 24.1 Å². The number of ether oxygens (including phenoxy) is 1. The molecule has 0 aromatic heterocycles. The summed E-state index contributed by atoms with van der Waals surface area (Å²) in [6.07, 6.45) is 1.30. The van der Waals surface area contributed by atoms with Gasteiger partial charge in [0.25, 0.3) is 0 Å². The summed E-state index contributed by atoms with van der Waals surface area (Å²) in [5.41, 5.74) is 0.315. The minimum atomic E-state index is -3.91. The van der Waals surface area contributed by atoms with Gasteiger partial charge in [-0.05, 0) is 63.1 Å². The molecule has 1 N–H and O–H groups in total. The number of rotatable bonds is 10. The molecular weight excluding hydrogens is 525 g/mol. The van der Waals surface area contributed by atoms with Crippen molar-refractivity contribution in [1.82, 2.24) is 10.2 Å². The molecule has 0 radical (unpaired) electrons. The molecule has 0 bridgehead atoms. The van der Waals surface area contributed by atoms with E-state index < -0.39 is 34.1 Å². The minimum Gasteiger partial charge on any atom is -0.497 e. The molecule has 0 aliphatic heterocycles. The van der Waals surface area contributed by atoms with Gasteiger partial charge in [-0.15, -0.1) is 0 Å². The minimum absolute atomic E-state index is 0.0675. The number of nitrogens with zero attached hydrogens (tertiary/aromatic N) is 2. The Kier molecular flexibility index (Phi) is 10.0. The Morgan fingerprint density at radius 2 is 1.78 bits per heavy atom. The number of nitrogens with one attached hydrogen (secondary N) is 1. The first kappa shape index (κ1) is 29.7. The topological polar surface area (TPSA) is 96.0 Å². The molecule has 36 heavy (non-hydrogen) atoms. The third-order valence-corrected chi connectivity index (χ3v) is 6.89. The largest absolute Gasteiger partial charge is 0.497 e. The van der Waals surface area contributed by atoms with E-state index in [1.54, 1.807) is 25.1 Å². The lowest BCUT2D eigenvalue weighted by molar-refractivity contribution is -0.141. The van der Waals surface area contributed by atoms with Crippen LogP contribution in [-0.4, -0.2) is 56.6 Å². The van der Waals surface area contributed by atoms with E-state index in [1.807, 2.05) is 26.8 Å². The summed E-state index contributed by atoms with van der Waals surface area (Å²) in [4.78, 5) is 28.3. The van der Waals surface area contributed by atoms with E-state index >= 15 is 0 Å². The molecule has 1 atom stereocenters. The smallest absolute Gasteiger partial charge is 0.244 e. The van der Waals surface area contributed by atoms with Crippen molar-refractivity contribution in [2.75, 3.05) is 24.2 Å². The summed E-state index contributed by atoms with van der Waals surface area (Å²) < 4.78 is 31.6. The summed E-state index contributed by atoms with van der Waals surface area (Å²) in [7, 11) is -2.37. The van der Waals surface area contributed by atoms with Gasteiger partial charge in [0.15, 0.2) is 0 Å². The number of methoxy groups -OCH3 is 1. The van der Waals surface area contributed by atoms with Crippen LogP contribution in [0.4, 0.5) is 5.69 Å². The lowest BCUT2D eigenvalue weighted by Gasteiger charge is -2.34. The number of sulfonamides is 1. The summed E-state index contributed by atoms with van der Waals surface area (Å²) in [5.74, 6) is -0.306. The van der Waals surface area contributed by atoms with Crippen molar-refractivity contribution in [3.05, 3.63) is 58.1 Å². The van der Waals surface area contributed by atoms with Gasteiger partial charge in [0, 0.05) is 17.1 Å². The van der Waals surface area contributed by atoms with Gasteiger partial charge in [-0.3, -0.25) is 13.9 Å². The maximum absolute atomic E-state index is 13.7. The van der Waals surface area contributed by atoms with Crippen LogP contribution < -0.4 is 14.4 Å². The summed E-state index contributed by atoms with van der Waals surface area (Å²) in [5, 5.41) is 3.33. The maximum atomic E-state index is 13.7. The normalized spacial score (nSPS) is 12.6. The molecule has 0 aliphatic carbocycles. The van der Waals surface area contributed by atoms with Crippen molar-refractivity contribution in [1.29, 1.82) is 0 Å². The van der Waals surface area contributed by atoms with Crippen molar-refractivity contribution >= 4 is 50.7 Å². The molecule has 198 valence electrons. The number of carbonyl (C=O) groups is 2. The monoisotopic (exact) mass is 557 g/mol. The Morgan fingerprint density at radius 1 is 1.11 bits per heavy atom. The molecule has 0 fully saturated rings. The number of benzene rings is 2. The van der Waals surface area contributed by atoms with Gasteiger partial charge >= 0.3 is 0 Å². The molecule has 2 aromatic carbocycles. The second kappa shape index (κ2) is 12.2. The molecule has 0 aliphatic rings. The van der Waals surface area contributed by atoms with E-state index in [2.05, 4.69) is 5.32 Å². The average Bonchev–Trinajstić information content (AvgIpc) is 2.76. The van der Waals surface area contributed by atoms with Gasteiger partial charge in [-0.2, -0.15) is 0 Å². The van der Waals surface area contributed by atoms with E-state index in [4.69, 9.17) is 27.9 Å². The molecule has 0 unspecified atom stereocenters. The highest BCUT2D eigenvalue weighted by molar-refractivity contribution is 7.92. The van der Waals surface area contributed by atoms with Crippen molar-refractivity contribution in [3.63, 3.8) is 0 Å². The van der Waals surface area contributed by atoms with Gasteiger partial charge in [-0.25, -0.2) is 8.42 Å². The molecule has 2 aromatic rings. The van der Waals surface area contributed by atoms with Gasteiger partial charge < -0.3 is 15.0 Å². The molecule has 0 heterocycles.